The van der Waals surface area contributed by atoms with E-state index in [1.807, 2.05) is 0 Å². The van der Waals surface area contributed by atoms with Gasteiger partial charge in [-0.3, -0.25) is 0 Å². The minimum Gasteiger partial charge on any atom is -0.494 e. The van der Waals surface area contributed by atoms with Crippen molar-refractivity contribution >= 4 is 0 Å². The van der Waals surface area contributed by atoms with E-state index in [1.165, 1.54) is 112 Å². The van der Waals surface area contributed by atoms with Crippen molar-refractivity contribution in [3.05, 3.63) is 58.7 Å². The third kappa shape index (κ3) is 9.15. The maximum atomic E-state index is 6.43. The van der Waals surface area contributed by atoms with Crippen LogP contribution in [-0.4, -0.2) is 38.6 Å². The summed E-state index contributed by atoms with van der Waals surface area (Å²) >= 11 is 0. The molecule has 1 spiro atoms. The van der Waals surface area contributed by atoms with Crippen molar-refractivity contribution in [3.63, 3.8) is 0 Å². The molecule has 2 fully saturated rings. The van der Waals surface area contributed by atoms with E-state index in [-0.39, 0.29) is 16.2 Å². The summed E-state index contributed by atoms with van der Waals surface area (Å²) in [6, 6.07) is 14.0. The van der Waals surface area contributed by atoms with E-state index in [0.717, 1.165) is 63.6 Å². The van der Waals surface area contributed by atoms with Crippen molar-refractivity contribution in [1.82, 2.24) is 0 Å². The van der Waals surface area contributed by atoms with Crippen LogP contribution in [0.2, 0.25) is 0 Å². The van der Waals surface area contributed by atoms with Gasteiger partial charge in [0.25, 0.3) is 0 Å². The largest absolute Gasteiger partial charge is 0.494 e. The first-order valence-corrected chi connectivity index (χ1v) is 19.6. The number of unbranched alkanes of at least 4 members (excludes halogenated alkanes) is 12. The van der Waals surface area contributed by atoms with Gasteiger partial charge in [0.2, 0.25) is 0 Å². The lowest BCUT2D eigenvalue weighted by Gasteiger charge is -2.30. The van der Waals surface area contributed by atoms with Gasteiger partial charge < -0.3 is 18.9 Å². The van der Waals surface area contributed by atoms with Crippen molar-refractivity contribution in [2.75, 3.05) is 26.4 Å². The Labute approximate surface area is 286 Å². The molecular weight excluding hydrogens is 580 g/mol. The highest BCUT2D eigenvalue weighted by Crippen LogP contribution is 2.63. The molecule has 0 aromatic heterocycles. The van der Waals surface area contributed by atoms with Gasteiger partial charge in [0, 0.05) is 5.41 Å². The first-order valence-electron chi connectivity index (χ1n) is 19.6. The van der Waals surface area contributed by atoms with Gasteiger partial charge in [-0.15, -0.1) is 0 Å². The molecule has 0 bridgehead atoms. The van der Waals surface area contributed by atoms with Crippen LogP contribution in [0.15, 0.2) is 36.4 Å². The Morgan fingerprint density at radius 2 is 0.872 bits per heavy atom. The molecule has 0 amide bonds. The number of rotatable bonds is 22. The minimum atomic E-state index is 0.00761. The second-order valence-corrected chi connectivity index (χ2v) is 16.8. The summed E-state index contributed by atoms with van der Waals surface area (Å²) in [6.45, 7) is 13.4. The highest BCUT2D eigenvalue weighted by atomic mass is 16.6. The van der Waals surface area contributed by atoms with E-state index < -0.39 is 0 Å². The average molecular weight is 645 g/mol. The fourth-order valence-electron chi connectivity index (χ4n) is 9.05. The van der Waals surface area contributed by atoms with Crippen molar-refractivity contribution in [2.24, 2.45) is 0 Å². The molecule has 2 aliphatic heterocycles. The van der Waals surface area contributed by atoms with E-state index in [1.54, 1.807) is 0 Å². The standard InChI is InChI=1S/C43H64O4/c1-41(2)31-43(39-27-33(21-23-37(39)41)44-25-17-13-9-5-7-11-15-19-35-29-46-35)32-42(3,4)38-24-22-34(28-40(38)43)45-26-18-14-10-6-8-12-16-20-36-30-47-36/h21-24,27-28,35-36H,5-20,25-26,29-32H2,1-4H3. The normalized spacial score (nSPS) is 24.3. The summed E-state index contributed by atoms with van der Waals surface area (Å²) in [7, 11) is 0. The Morgan fingerprint density at radius 1 is 0.511 bits per heavy atom. The van der Waals surface area contributed by atoms with Crippen molar-refractivity contribution < 1.29 is 18.9 Å². The van der Waals surface area contributed by atoms with Crippen LogP contribution >= 0.6 is 0 Å². The van der Waals surface area contributed by atoms with Crippen LogP contribution in [0.25, 0.3) is 0 Å². The van der Waals surface area contributed by atoms with Gasteiger partial charge in [-0.2, -0.15) is 0 Å². The predicted octanol–water partition coefficient (Wildman–Crippen LogP) is 11.1. The highest BCUT2D eigenvalue weighted by molar-refractivity contribution is 5.61. The summed E-state index contributed by atoms with van der Waals surface area (Å²) < 4.78 is 23.5. The summed E-state index contributed by atoms with van der Waals surface area (Å²) in [4.78, 5) is 0. The van der Waals surface area contributed by atoms with E-state index in [9.17, 15) is 0 Å². The van der Waals surface area contributed by atoms with E-state index in [4.69, 9.17) is 18.9 Å². The molecule has 260 valence electrons. The third-order valence-electron chi connectivity index (χ3n) is 11.6. The molecule has 2 heterocycles. The number of ether oxygens (including phenoxy) is 4. The molecule has 4 aliphatic rings. The first kappa shape index (κ1) is 34.8. The van der Waals surface area contributed by atoms with Crippen molar-refractivity contribution in [2.45, 2.75) is 172 Å². The zero-order chi connectivity index (χ0) is 32.7. The number of hydrogen-bond donors (Lipinski definition) is 0. The van der Waals surface area contributed by atoms with Crippen LogP contribution in [-0.2, 0) is 25.7 Å². The van der Waals surface area contributed by atoms with Gasteiger partial charge in [-0.1, -0.05) is 117 Å². The molecule has 4 heteroatoms. The first-order chi connectivity index (χ1) is 22.8. The zero-order valence-corrected chi connectivity index (χ0v) is 30.3. The lowest BCUT2D eigenvalue weighted by Crippen LogP contribution is -2.27. The molecule has 2 saturated heterocycles. The monoisotopic (exact) mass is 644 g/mol. The van der Waals surface area contributed by atoms with Crippen LogP contribution in [0.1, 0.15) is 166 Å². The van der Waals surface area contributed by atoms with Crippen LogP contribution in [0, 0.1) is 0 Å². The lowest BCUT2D eigenvalue weighted by atomic mass is 9.72. The molecule has 4 nitrogen and oxygen atoms in total. The smallest absolute Gasteiger partial charge is 0.119 e. The van der Waals surface area contributed by atoms with E-state index >= 15 is 0 Å². The van der Waals surface area contributed by atoms with Gasteiger partial charge in [-0.05, 0) is 95.9 Å². The van der Waals surface area contributed by atoms with Gasteiger partial charge >= 0.3 is 0 Å². The van der Waals surface area contributed by atoms with E-state index in [0.29, 0.717) is 12.2 Å². The molecule has 0 radical (unpaired) electrons. The fraction of sp³-hybridized carbons (Fsp3) is 0.721. The van der Waals surface area contributed by atoms with Gasteiger partial charge in [0.15, 0.2) is 0 Å². The summed E-state index contributed by atoms with van der Waals surface area (Å²) in [5, 5.41) is 0. The molecule has 47 heavy (non-hydrogen) atoms. The SMILES string of the molecule is CC1(C)CC2(CC(C)(C)c3ccc(OCCCCCCCCCC4CO4)cc32)c2cc(OCCCCCCCCCC3CO3)ccc21. The maximum absolute atomic E-state index is 6.43. The third-order valence-corrected chi connectivity index (χ3v) is 11.6. The lowest BCUT2D eigenvalue weighted by molar-refractivity contribution is 0.302. The number of fused-ring (bicyclic) bond motifs is 4. The van der Waals surface area contributed by atoms with Crippen molar-refractivity contribution in [1.29, 1.82) is 0 Å². The van der Waals surface area contributed by atoms with Gasteiger partial charge in [-0.25, -0.2) is 0 Å². The fourth-order valence-corrected chi connectivity index (χ4v) is 9.05. The highest BCUT2D eigenvalue weighted by Gasteiger charge is 2.56. The second-order valence-electron chi connectivity index (χ2n) is 16.8. The Morgan fingerprint density at radius 3 is 1.26 bits per heavy atom. The molecule has 2 unspecified atom stereocenters. The summed E-state index contributed by atoms with van der Waals surface area (Å²) in [5.41, 5.74) is 6.23. The summed E-state index contributed by atoms with van der Waals surface area (Å²) in [6.07, 6.45) is 24.2. The Kier molecular flexibility index (Phi) is 11.6. The maximum Gasteiger partial charge on any atom is 0.119 e. The summed E-state index contributed by atoms with van der Waals surface area (Å²) in [5.74, 6) is 2.08. The Hall–Kier alpha value is -2.04. The topological polar surface area (TPSA) is 43.5 Å². The zero-order valence-electron chi connectivity index (χ0n) is 30.3. The number of hydrogen-bond acceptors (Lipinski definition) is 4. The Balaban J connectivity index is 1.01. The van der Waals surface area contributed by atoms with Gasteiger partial charge in [0.05, 0.1) is 38.6 Å². The van der Waals surface area contributed by atoms with Gasteiger partial charge in [0.1, 0.15) is 11.5 Å². The molecule has 2 atom stereocenters. The average Bonchev–Trinajstić information content (AvgIpc) is 3.98. The molecular formula is C43H64O4. The van der Waals surface area contributed by atoms with Crippen LogP contribution in [0.3, 0.4) is 0 Å². The second kappa shape index (κ2) is 15.7. The van der Waals surface area contributed by atoms with Crippen LogP contribution in [0.4, 0.5) is 0 Å². The molecule has 6 rings (SSSR count). The Bertz CT molecular complexity index is 1190. The molecule has 2 aliphatic carbocycles. The quantitative estimate of drug-likeness (QED) is 0.0945. The molecule has 2 aromatic rings. The predicted molar refractivity (Wildman–Crippen MR) is 193 cm³/mol. The number of benzene rings is 2. The number of epoxide rings is 2. The van der Waals surface area contributed by atoms with Crippen LogP contribution in [0.5, 0.6) is 11.5 Å². The van der Waals surface area contributed by atoms with Crippen LogP contribution < -0.4 is 9.47 Å². The minimum absolute atomic E-state index is 0.00761. The molecule has 0 saturated carbocycles. The van der Waals surface area contributed by atoms with Crippen molar-refractivity contribution in [3.8, 4) is 11.5 Å². The molecule has 2 aromatic carbocycles. The van der Waals surface area contributed by atoms with E-state index in [2.05, 4.69) is 64.1 Å². The molecule has 0 N–H and O–H groups in total.